The maximum absolute atomic E-state index is 5.56. The Morgan fingerprint density at radius 1 is 1.48 bits per heavy atom. The molecule has 1 aliphatic carbocycles. The minimum Gasteiger partial charge on any atom is -0.457 e. The zero-order chi connectivity index (χ0) is 14.7. The highest BCUT2D eigenvalue weighted by molar-refractivity contribution is 9.11. The molecule has 0 unspecified atom stereocenters. The summed E-state index contributed by atoms with van der Waals surface area (Å²) < 4.78 is 6.77. The lowest BCUT2D eigenvalue weighted by molar-refractivity contribution is 0.303. The van der Waals surface area contributed by atoms with Gasteiger partial charge >= 0.3 is 6.01 Å². The first kappa shape index (κ1) is 14.1. The molecule has 0 bridgehead atoms. The highest BCUT2D eigenvalue weighted by atomic mass is 79.9. The maximum Gasteiger partial charge on any atom is 0.316 e. The molecule has 0 aromatic carbocycles. The van der Waals surface area contributed by atoms with Crippen molar-refractivity contribution >= 4 is 15.9 Å². The van der Waals surface area contributed by atoms with E-state index in [1.54, 1.807) is 6.20 Å². The van der Waals surface area contributed by atoms with Gasteiger partial charge in [0, 0.05) is 18.1 Å². The maximum atomic E-state index is 5.56. The van der Waals surface area contributed by atoms with Crippen LogP contribution in [0.2, 0.25) is 0 Å². The lowest BCUT2D eigenvalue weighted by Crippen LogP contribution is -2.36. The molecule has 3 rings (SSSR count). The van der Waals surface area contributed by atoms with E-state index >= 15 is 0 Å². The number of nitrogens with one attached hydrogen (secondary N) is 2. The summed E-state index contributed by atoms with van der Waals surface area (Å²) in [7, 11) is 0. The zero-order valence-corrected chi connectivity index (χ0v) is 13.2. The first-order valence-corrected chi connectivity index (χ1v) is 7.50. The smallest absolute Gasteiger partial charge is 0.316 e. The van der Waals surface area contributed by atoms with E-state index in [0.29, 0.717) is 12.6 Å². The predicted molar refractivity (Wildman–Crippen MR) is 82.8 cm³/mol. The van der Waals surface area contributed by atoms with Crippen molar-refractivity contribution < 1.29 is 4.74 Å². The number of hydrazine groups is 2. The first-order valence-electron chi connectivity index (χ1n) is 6.71. The second-order valence-corrected chi connectivity index (χ2v) is 5.81. The van der Waals surface area contributed by atoms with Gasteiger partial charge in [-0.3, -0.25) is 5.01 Å². The van der Waals surface area contributed by atoms with Crippen molar-refractivity contribution in [2.75, 3.05) is 6.61 Å². The second-order valence-electron chi connectivity index (χ2n) is 4.79. The number of ether oxygens (including phenoxy) is 1. The number of rotatable bonds is 4. The molecule has 1 aromatic heterocycles. The van der Waals surface area contributed by atoms with Crippen molar-refractivity contribution in [3.63, 3.8) is 0 Å². The fourth-order valence-electron chi connectivity index (χ4n) is 2.02. The molecule has 6 nitrogen and oxygen atoms in total. The Bertz CT molecular complexity index is 626. The van der Waals surface area contributed by atoms with E-state index in [-0.39, 0.29) is 0 Å². The molecule has 2 N–H and O–H groups in total. The lowest BCUT2D eigenvalue weighted by Gasteiger charge is -2.19. The third kappa shape index (κ3) is 3.62. The lowest BCUT2D eigenvalue weighted by atomic mass is 10.1. The molecule has 110 valence electrons. The summed E-state index contributed by atoms with van der Waals surface area (Å²) in [5.41, 5.74) is 9.05. The van der Waals surface area contributed by atoms with E-state index in [2.05, 4.69) is 49.0 Å². The van der Waals surface area contributed by atoms with E-state index in [4.69, 9.17) is 4.74 Å². The minimum absolute atomic E-state index is 0.380. The normalized spacial score (nSPS) is 17.8. The molecule has 1 aromatic rings. The van der Waals surface area contributed by atoms with Crippen molar-refractivity contribution in [2.45, 2.75) is 19.8 Å². The van der Waals surface area contributed by atoms with Crippen LogP contribution in [-0.4, -0.2) is 21.6 Å². The number of allylic oxidation sites excluding steroid dienone is 3. The molecule has 0 radical (unpaired) electrons. The van der Waals surface area contributed by atoms with Crippen molar-refractivity contribution in [3.05, 3.63) is 52.2 Å². The van der Waals surface area contributed by atoms with Crippen LogP contribution in [0.3, 0.4) is 0 Å². The van der Waals surface area contributed by atoms with Gasteiger partial charge in [0.1, 0.15) is 6.61 Å². The summed E-state index contributed by atoms with van der Waals surface area (Å²) in [5.74, 6) is 0. The Balaban J connectivity index is 1.60. The van der Waals surface area contributed by atoms with Gasteiger partial charge in [0.15, 0.2) is 0 Å². The van der Waals surface area contributed by atoms with Gasteiger partial charge in [-0.15, -0.1) is 5.53 Å². The molecule has 2 aliphatic rings. The molecular formula is C14H16BrN5O. The van der Waals surface area contributed by atoms with E-state index in [1.807, 2.05) is 24.2 Å². The molecule has 0 fully saturated rings. The van der Waals surface area contributed by atoms with Crippen LogP contribution in [-0.2, 0) is 0 Å². The van der Waals surface area contributed by atoms with E-state index in [1.165, 1.54) is 4.48 Å². The number of hydrogen-bond donors (Lipinski definition) is 2. The van der Waals surface area contributed by atoms with Gasteiger partial charge in [0.25, 0.3) is 0 Å². The Morgan fingerprint density at radius 3 is 3.19 bits per heavy atom. The molecule has 0 saturated heterocycles. The standard InChI is InChI=1S/C14H16BrN5O/c1-10-5-6-16-14(17-10)21-9-12-8-20(19-18-12)13-4-2-3-11(15)7-13/h4-8,18-19H,2-3,9H2,1H3. The third-order valence-electron chi connectivity index (χ3n) is 3.07. The molecular weight excluding hydrogens is 334 g/mol. The summed E-state index contributed by atoms with van der Waals surface area (Å²) in [6, 6.07) is 2.22. The van der Waals surface area contributed by atoms with Gasteiger partial charge in [-0.2, -0.15) is 0 Å². The number of nitrogens with zero attached hydrogens (tertiary/aromatic N) is 3. The minimum atomic E-state index is 0.380. The topological polar surface area (TPSA) is 62.3 Å². The highest BCUT2D eigenvalue weighted by Gasteiger charge is 2.16. The fraction of sp³-hybridized carbons (Fsp3) is 0.286. The van der Waals surface area contributed by atoms with Gasteiger partial charge in [-0.1, -0.05) is 22.0 Å². The van der Waals surface area contributed by atoms with Crippen molar-refractivity contribution in [1.82, 2.24) is 25.9 Å². The number of halogens is 1. The zero-order valence-electron chi connectivity index (χ0n) is 11.6. The quantitative estimate of drug-likeness (QED) is 0.869. The van der Waals surface area contributed by atoms with Crippen LogP contribution < -0.4 is 15.7 Å². The molecule has 0 amide bonds. The first-order chi connectivity index (χ1) is 10.2. The molecule has 21 heavy (non-hydrogen) atoms. The van der Waals surface area contributed by atoms with Crippen LogP contribution in [0.5, 0.6) is 6.01 Å². The summed E-state index contributed by atoms with van der Waals surface area (Å²) in [6.45, 7) is 2.29. The Morgan fingerprint density at radius 2 is 2.38 bits per heavy atom. The molecule has 1 aliphatic heterocycles. The highest BCUT2D eigenvalue weighted by Crippen LogP contribution is 2.24. The summed E-state index contributed by atoms with van der Waals surface area (Å²) in [4.78, 5) is 8.27. The van der Waals surface area contributed by atoms with Crippen molar-refractivity contribution in [3.8, 4) is 6.01 Å². The molecule has 0 saturated carbocycles. The Kier molecular flexibility index (Phi) is 4.21. The van der Waals surface area contributed by atoms with Gasteiger partial charge in [0.2, 0.25) is 0 Å². The fourth-order valence-corrected chi connectivity index (χ4v) is 2.48. The number of aryl methyl sites for hydroxylation is 1. The van der Waals surface area contributed by atoms with Crippen LogP contribution in [0.1, 0.15) is 18.5 Å². The average Bonchev–Trinajstić information content (AvgIpc) is 2.94. The van der Waals surface area contributed by atoms with Crippen LogP contribution in [0.15, 0.2) is 46.5 Å². The van der Waals surface area contributed by atoms with Gasteiger partial charge in [-0.25, -0.2) is 9.97 Å². The largest absolute Gasteiger partial charge is 0.457 e. The van der Waals surface area contributed by atoms with Gasteiger partial charge in [-0.05, 0) is 36.4 Å². The molecule has 0 atom stereocenters. The Hall–Kier alpha value is -1.86. The van der Waals surface area contributed by atoms with Crippen LogP contribution in [0.25, 0.3) is 0 Å². The van der Waals surface area contributed by atoms with E-state index in [0.717, 1.165) is 29.9 Å². The third-order valence-corrected chi connectivity index (χ3v) is 3.70. The molecule has 0 spiro atoms. The summed E-state index contributed by atoms with van der Waals surface area (Å²) in [5, 5.41) is 1.93. The average molecular weight is 350 g/mol. The van der Waals surface area contributed by atoms with E-state index in [9.17, 15) is 0 Å². The van der Waals surface area contributed by atoms with E-state index < -0.39 is 0 Å². The number of hydrogen-bond acceptors (Lipinski definition) is 6. The van der Waals surface area contributed by atoms with Gasteiger partial charge in [0.05, 0.1) is 11.4 Å². The number of aromatic nitrogens is 2. The van der Waals surface area contributed by atoms with Crippen molar-refractivity contribution in [1.29, 1.82) is 0 Å². The van der Waals surface area contributed by atoms with Crippen LogP contribution >= 0.6 is 15.9 Å². The Labute approximate surface area is 131 Å². The summed E-state index contributed by atoms with van der Waals surface area (Å²) in [6.07, 6.45) is 10.0. The van der Waals surface area contributed by atoms with Crippen LogP contribution in [0, 0.1) is 6.92 Å². The SMILES string of the molecule is Cc1ccnc(OCC2=CN(C3=CCCC(Br)=C3)NN2)n1. The second kappa shape index (κ2) is 6.28. The van der Waals surface area contributed by atoms with Gasteiger partial charge < -0.3 is 10.2 Å². The molecule has 7 heteroatoms. The van der Waals surface area contributed by atoms with Crippen molar-refractivity contribution in [2.24, 2.45) is 0 Å². The monoisotopic (exact) mass is 349 g/mol. The molecule has 2 heterocycles. The van der Waals surface area contributed by atoms with Crippen LogP contribution in [0.4, 0.5) is 0 Å². The summed E-state index contributed by atoms with van der Waals surface area (Å²) >= 11 is 3.54. The predicted octanol–water partition coefficient (Wildman–Crippen LogP) is 2.29.